The van der Waals surface area contributed by atoms with Crippen molar-refractivity contribution in [2.24, 2.45) is 5.92 Å². The van der Waals surface area contributed by atoms with Crippen molar-refractivity contribution in [1.29, 1.82) is 5.26 Å². The van der Waals surface area contributed by atoms with Crippen LogP contribution in [0.3, 0.4) is 0 Å². The molecule has 0 aliphatic heterocycles. The number of nitriles is 1. The largest absolute Gasteiger partial charge is 0.444 e. The van der Waals surface area contributed by atoms with Gasteiger partial charge in [-0.2, -0.15) is 23.5 Å². The van der Waals surface area contributed by atoms with Crippen LogP contribution in [0, 0.1) is 23.1 Å². The summed E-state index contributed by atoms with van der Waals surface area (Å²) in [6, 6.07) is 17.6. The summed E-state index contributed by atoms with van der Waals surface area (Å²) in [6.45, 7) is 5.08. The molecular weight excluding hydrogens is 666 g/mol. The molecule has 1 heterocycles. The number of alkyl carbamates (subject to hydrolysis) is 1. The fraction of sp³-hybridized carbons (Fsp3) is 0.314. The van der Waals surface area contributed by atoms with Crippen molar-refractivity contribution < 1.29 is 37.0 Å². The van der Waals surface area contributed by atoms with Gasteiger partial charge in [-0.25, -0.2) is 13.9 Å². The molecule has 3 atom stereocenters. The Labute approximate surface area is 284 Å². The van der Waals surface area contributed by atoms with Gasteiger partial charge in [0.05, 0.1) is 28.4 Å². The summed E-state index contributed by atoms with van der Waals surface area (Å²) in [5.74, 6) is -1.77. The van der Waals surface area contributed by atoms with Crippen LogP contribution in [-0.2, 0) is 17.5 Å². The predicted octanol–water partition coefficient (Wildman–Crippen LogP) is 7.60. The number of aromatic nitrogens is 2. The first-order valence-electron chi connectivity index (χ1n) is 15.2. The topological polar surface area (TPSA) is 129 Å². The summed E-state index contributed by atoms with van der Waals surface area (Å²) >= 11 is 6.73. The average molecular weight is 698 g/mol. The monoisotopic (exact) mass is 697 g/mol. The van der Waals surface area contributed by atoms with Gasteiger partial charge in [0.25, 0.3) is 5.91 Å². The summed E-state index contributed by atoms with van der Waals surface area (Å²) in [6.07, 6.45) is -4.82. The van der Waals surface area contributed by atoms with Crippen LogP contribution in [0.15, 0.2) is 66.7 Å². The molecule has 256 valence electrons. The molecule has 3 N–H and O–H groups in total. The molecule has 0 spiro atoms. The molecule has 14 heteroatoms. The highest BCUT2D eigenvalue weighted by Crippen LogP contribution is 2.48. The molecule has 1 aliphatic rings. The number of hydrogen-bond donors (Lipinski definition) is 3. The maximum Gasteiger partial charge on any atom is 0.435 e. The second-order valence-corrected chi connectivity index (χ2v) is 13.1. The predicted molar refractivity (Wildman–Crippen MR) is 173 cm³/mol. The fourth-order valence-electron chi connectivity index (χ4n) is 5.32. The number of aliphatic hydroxyl groups is 1. The van der Waals surface area contributed by atoms with Gasteiger partial charge in [0, 0.05) is 19.2 Å². The van der Waals surface area contributed by atoms with Gasteiger partial charge in [-0.3, -0.25) is 4.79 Å². The van der Waals surface area contributed by atoms with E-state index < -0.39 is 46.4 Å². The van der Waals surface area contributed by atoms with Gasteiger partial charge >= 0.3 is 12.3 Å². The number of nitrogens with zero attached hydrogens (tertiary/aromatic N) is 3. The molecule has 1 aromatic heterocycles. The van der Waals surface area contributed by atoms with Gasteiger partial charge in [0.2, 0.25) is 0 Å². The van der Waals surface area contributed by atoms with Crippen LogP contribution in [0.4, 0.5) is 28.0 Å². The number of hydrogen-bond acceptors (Lipinski definition) is 6. The third-order valence-electron chi connectivity index (χ3n) is 7.80. The number of carbonyl (C=O) groups is 2. The second-order valence-electron chi connectivity index (χ2n) is 12.6. The van der Waals surface area contributed by atoms with Gasteiger partial charge in [0.1, 0.15) is 17.1 Å². The van der Waals surface area contributed by atoms with Crippen molar-refractivity contribution in [2.45, 2.75) is 56.8 Å². The Hall–Kier alpha value is -4.93. The lowest BCUT2D eigenvalue weighted by atomic mass is 9.96. The molecule has 0 radical (unpaired) electrons. The zero-order chi connectivity index (χ0) is 35.7. The van der Waals surface area contributed by atoms with Crippen LogP contribution in [0.2, 0.25) is 0 Å². The fourth-order valence-corrected chi connectivity index (χ4v) is 5.59. The number of benzene rings is 3. The summed E-state index contributed by atoms with van der Waals surface area (Å²) in [7, 11) is 0. The Bertz CT molecular complexity index is 1930. The Morgan fingerprint density at radius 1 is 1.10 bits per heavy atom. The minimum atomic E-state index is -4.90. The molecule has 1 saturated carbocycles. The van der Waals surface area contributed by atoms with Crippen LogP contribution in [-0.4, -0.2) is 39.1 Å². The van der Waals surface area contributed by atoms with Gasteiger partial charge in [-0.1, -0.05) is 30.3 Å². The van der Waals surface area contributed by atoms with E-state index in [1.165, 1.54) is 30.3 Å². The van der Waals surface area contributed by atoms with E-state index in [0.717, 1.165) is 22.7 Å². The van der Waals surface area contributed by atoms with Gasteiger partial charge in [-0.05, 0) is 91.6 Å². The standard InChI is InChI=1S/C35H32ClF4N5O4/c1-34(2,3)49-33(48)42-17-19-5-4-6-24(11-19)45-29(15-30(44-45)35(38,39)40)32(47)43-28-14-21(8-10-27(28)37)31(36)20-7-9-25(22(12-20)16-41)26-13-23(26)18-46/h4-12,14-15,23,26,31,46H,13,17-18H2,1-3H3,(H,42,48)(H,43,47). The van der Waals surface area contributed by atoms with E-state index in [0.29, 0.717) is 28.3 Å². The van der Waals surface area contributed by atoms with E-state index in [2.05, 4.69) is 21.8 Å². The smallest absolute Gasteiger partial charge is 0.435 e. The number of rotatable bonds is 9. The number of halogens is 5. The third kappa shape index (κ3) is 8.39. The lowest BCUT2D eigenvalue weighted by Crippen LogP contribution is -2.32. The third-order valence-corrected chi connectivity index (χ3v) is 8.31. The number of amides is 2. The molecule has 3 unspecified atom stereocenters. The van der Waals surface area contributed by atoms with Crippen LogP contribution < -0.4 is 10.6 Å². The summed E-state index contributed by atoms with van der Waals surface area (Å²) in [5.41, 5.74) is -0.328. The molecule has 2 amide bonds. The number of alkyl halides is 4. The molecule has 0 bridgehead atoms. The first-order valence-corrected chi connectivity index (χ1v) is 15.6. The van der Waals surface area contributed by atoms with E-state index in [9.17, 15) is 33.1 Å². The highest BCUT2D eigenvalue weighted by Gasteiger charge is 2.39. The van der Waals surface area contributed by atoms with Crippen LogP contribution in [0.1, 0.15) is 82.5 Å². The lowest BCUT2D eigenvalue weighted by molar-refractivity contribution is -0.141. The minimum Gasteiger partial charge on any atom is -0.444 e. The molecule has 1 aliphatic carbocycles. The molecule has 3 aromatic carbocycles. The molecule has 4 aromatic rings. The van der Waals surface area contributed by atoms with E-state index in [1.807, 2.05) is 0 Å². The maximum atomic E-state index is 15.0. The normalized spacial score (nSPS) is 16.4. The molecule has 0 saturated heterocycles. The SMILES string of the molecule is CC(C)(C)OC(=O)NCc1cccc(-n2nc(C(F)(F)F)cc2C(=O)Nc2cc(C(Cl)c3ccc(C4CC4CO)c(C#N)c3)ccc2F)c1. The van der Waals surface area contributed by atoms with Gasteiger partial charge in [0.15, 0.2) is 5.69 Å². The number of anilines is 1. The quantitative estimate of drug-likeness (QED) is 0.122. The van der Waals surface area contributed by atoms with E-state index >= 15 is 4.39 Å². The zero-order valence-corrected chi connectivity index (χ0v) is 27.4. The molecule has 49 heavy (non-hydrogen) atoms. The lowest BCUT2D eigenvalue weighted by Gasteiger charge is -2.19. The van der Waals surface area contributed by atoms with Gasteiger partial charge in [-0.15, -0.1) is 11.6 Å². The van der Waals surface area contributed by atoms with Crippen molar-refractivity contribution in [3.8, 4) is 11.8 Å². The number of aliphatic hydroxyl groups excluding tert-OH is 1. The second kappa shape index (κ2) is 13.9. The summed E-state index contributed by atoms with van der Waals surface area (Å²) in [4.78, 5) is 25.6. The van der Waals surface area contributed by atoms with Crippen molar-refractivity contribution >= 4 is 29.3 Å². The highest BCUT2D eigenvalue weighted by molar-refractivity contribution is 6.22. The van der Waals surface area contributed by atoms with Crippen molar-refractivity contribution in [2.75, 3.05) is 11.9 Å². The molecule has 1 fully saturated rings. The first kappa shape index (κ1) is 35.4. The Morgan fingerprint density at radius 2 is 1.82 bits per heavy atom. The van der Waals surface area contributed by atoms with Crippen LogP contribution >= 0.6 is 11.6 Å². The summed E-state index contributed by atoms with van der Waals surface area (Å²) < 4.78 is 62.3. The minimum absolute atomic E-state index is 0.0253. The molecule has 9 nitrogen and oxygen atoms in total. The van der Waals surface area contributed by atoms with Crippen molar-refractivity contribution in [3.63, 3.8) is 0 Å². The van der Waals surface area contributed by atoms with Gasteiger partial charge < -0.3 is 20.5 Å². The zero-order valence-electron chi connectivity index (χ0n) is 26.6. The first-order chi connectivity index (χ1) is 23.1. The van der Waals surface area contributed by atoms with Crippen molar-refractivity contribution in [1.82, 2.24) is 15.1 Å². The number of carbonyl (C=O) groups excluding carboxylic acids is 2. The van der Waals surface area contributed by atoms with Crippen LogP contribution in [0.5, 0.6) is 0 Å². The Morgan fingerprint density at radius 3 is 2.47 bits per heavy atom. The van der Waals surface area contributed by atoms with E-state index in [-0.39, 0.29) is 36.4 Å². The summed E-state index contributed by atoms with van der Waals surface area (Å²) in [5, 5.41) is 26.8. The van der Waals surface area contributed by atoms with E-state index in [1.54, 1.807) is 45.0 Å². The number of nitrogens with one attached hydrogen (secondary N) is 2. The number of ether oxygens (including phenoxy) is 1. The Balaban J connectivity index is 1.40. The van der Waals surface area contributed by atoms with Crippen molar-refractivity contribution in [3.05, 3.63) is 112 Å². The highest BCUT2D eigenvalue weighted by atomic mass is 35.5. The average Bonchev–Trinajstić information content (AvgIpc) is 3.68. The molecular formula is C35H32ClF4N5O4. The Kier molecular flexibility index (Phi) is 10.0. The van der Waals surface area contributed by atoms with E-state index in [4.69, 9.17) is 16.3 Å². The van der Waals surface area contributed by atoms with Crippen LogP contribution in [0.25, 0.3) is 5.69 Å². The molecule has 5 rings (SSSR count). The maximum absolute atomic E-state index is 15.0.